The lowest BCUT2D eigenvalue weighted by Crippen LogP contribution is -2.45. The Kier molecular flexibility index (Phi) is 3.41. The summed E-state index contributed by atoms with van der Waals surface area (Å²) in [5.74, 6) is -0.190. The zero-order chi connectivity index (χ0) is 16.7. The zero-order valence-electron chi connectivity index (χ0n) is 13.6. The number of nitrogens with zero attached hydrogens (tertiary/aromatic N) is 1. The highest BCUT2D eigenvalue weighted by Crippen LogP contribution is 2.44. The molecule has 1 amide bonds. The van der Waals surface area contributed by atoms with Gasteiger partial charge in [-0.1, -0.05) is 36.4 Å². The highest BCUT2D eigenvalue weighted by molar-refractivity contribution is 5.96. The molecule has 1 saturated heterocycles. The first-order chi connectivity index (χ1) is 11.6. The monoisotopic (exact) mass is 321 g/mol. The van der Waals surface area contributed by atoms with Gasteiger partial charge in [0.25, 0.3) is 5.91 Å². The molecule has 0 aliphatic carbocycles. The van der Waals surface area contributed by atoms with Crippen molar-refractivity contribution >= 4 is 11.9 Å². The molecule has 0 bridgehead atoms. The summed E-state index contributed by atoms with van der Waals surface area (Å²) in [4.78, 5) is 26.7. The number of likely N-dealkylation sites (tertiary alicyclic amines) is 1. The molecule has 1 fully saturated rings. The SMILES string of the molecule is Cc1ccccc1C(=O)N1CCC2(CC1)OC(=O)c1ccccc12. The highest BCUT2D eigenvalue weighted by Gasteiger charge is 2.47. The predicted molar refractivity (Wildman–Crippen MR) is 89.9 cm³/mol. The molecule has 24 heavy (non-hydrogen) atoms. The van der Waals surface area contributed by atoms with Gasteiger partial charge in [0.2, 0.25) is 0 Å². The van der Waals surface area contributed by atoms with Crippen molar-refractivity contribution in [2.75, 3.05) is 13.1 Å². The van der Waals surface area contributed by atoms with E-state index in [-0.39, 0.29) is 11.9 Å². The van der Waals surface area contributed by atoms with Crippen LogP contribution in [0.4, 0.5) is 0 Å². The van der Waals surface area contributed by atoms with Gasteiger partial charge in [-0.2, -0.15) is 0 Å². The average molecular weight is 321 g/mol. The summed E-state index contributed by atoms with van der Waals surface area (Å²) < 4.78 is 5.74. The molecule has 4 nitrogen and oxygen atoms in total. The summed E-state index contributed by atoms with van der Waals surface area (Å²) in [5, 5.41) is 0. The maximum atomic E-state index is 12.8. The minimum atomic E-state index is -0.559. The van der Waals surface area contributed by atoms with Crippen LogP contribution < -0.4 is 0 Å². The second-order valence-corrected chi connectivity index (χ2v) is 6.54. The van der Waals surface area contributed by atoms with Crippen LogP contribution in [-0.2, 0) is 10.3 Å². The molecule has 0 atom stereocenters. The average Bonchev–Trinajstić information content (AvgIpc) is 2.88. The molecule has 2 aliphatic heterocycles. The summed E-state index contributed by atoms with van der Waals surface area (Å²) in [6.45, 7) is 3.14. The zero-order valence-corrected chi connectivity index (χ0v) is 13.6. The quantitative estimate of drug-likeness (QED) is 0.757. The van der Waals surface area contributed by atoms with E-state index in [2.05, 4.69) is 0 Å². The molecule has 2 aliphatic rings. The molecule has 2 aromatic carbocycles. The number of hydrogen-bond donors (Lipinski definition) is 0. The Morgan fingerprint density at radius 3 is 2.46 bits per heavy atom. The standard InChI is InChI=1S/C20H19NO3/c1-14-6-2-3-7-15(14)18(22)21-12-10-20(11-13-21)17-9-5-4-8-16(17)19(23)24-20/h2-9H,10-13H2,1H3. The third-order valence-corrected chi connectivity index (χ3v) is 5.16. The molecular weight excluding hydrogens is 302 g/mol. The van der Waals surface area contributed by atoms with E-state index in [1.54, 1.807) is 0 Å². The van der Waals surface area contributed by atoms with Crippen LogP contribution in [0.25, 0.3) is 0 Å². The smallest absolute Gasteiger partial charge is 0.339 e. The summed E-state index contributed by atoms with van der Waals surface area (Å²) in [5.41, 5.74) is 2.81. The predicted octanol–water partition coefficient (Wildman–Crippen LogP) is 3.30. The van der Waals surface area contributed by atoms with Gasteiger partial charge in [0, 0.05) is 37.1 Å². The van der Waals surface area contributed by atoms with Crippen molar-refractivity contribution in [3.05, 3.63) is 70.8 Å². The molecule has 4 rings (SSSR count). The number of fused-ring (bicyclic) bond motifs is 2. The van der Waals surface area contributed by atoms with E-state index >= 15 is 0 Å². The van der Waals surface area contributed by atoms with E-state index in [9.17, 15) is 9.59 Å². The van der Waals surface area contributed by atoms with Crippen LogP contribution in [0.3, 0.4) is 0 Å². The van der Waals surface area contributed by atoms with E-state index in [1.165, 1.54) is 0 Å². The van der Waals surface area contributed by atoms with Crippen LogP contribution in [-0.4, -0.2) is 29.9 Å². The van der Waals surface area contributed by atoms with Gasteiger partial charge in [0.15, 0.2) is 0 Å². The number of benzene rings is 2. The second kappa shape index (κ2) is 5.48. The number of esters is 1. The lowest BCUT2D eigenvalue weighted by Gasteiger charge is -2.38. The normalized spacial score (nSPS) is 18.4. The van der Waals surface area contributed by atoms with Crippen LogP contribution in [0.5, 0.6) is 0 Å². The van der Waals surface area contributed by atoms with Crippen LogP contribution in [0.15, 0.2) is 48.5 Å². The Hall–Kier alpha value is -2.62. The first kappa shape index (κ1) is 14.9. The number of ether oxygens (including phenoxy) is 1. The first-order valence-electron chi connectivity index (χ1n) is 8.28. The van der Waals surface area contributed by atoms with Crippen LogP contribution in [0, 0.1) is 6.92 Å². The molecular formula is C20H19NO3. The highest BCUT2D eigenvalue weighted by atomic mass is 16.6. The van der Waals surface area contributed by atoms with Crippen molar-refractivity contribution in [1.29, 1.82) is 0 Å². The first-order valence-corrected chi connectivity index (χ1v) is 8.28. The Labute approximate surface area is 141 Å². The van der Waals surface area contributed by atoms with E-state index < -0.39 is 5.60 Å². The maximum absolute atomic E-state index is 12.8. The number of carbonyl (C=O) groups excluding carboxylic acids is 2. The molecule has 4 heteroatoms. The summed E-state index contributed by atoms with van der Waals surface area (Å²) in [7, 11) is 0. The Balaban J connectivity index is 1.55. The van der Waals surface area contributed by atoms with Gasteiger partial charge in [-0.3, -0.25) is 4.79 Å². The number of piperidine rings is 1. The molecule has 0 saturated carbocycles. The molecule has 0 aromatic heterocycles. The van der Waals surface area contributed by atoms with Gasteiger partial charge >= 0.3 is 5.97 Å². The van der Waals surface area contributed by atoms with Crippen molar-refractivity contribution in [3.8, 4) is 0 Å². The second-order valence-electron chi connectivity index (χ2n) is 6.54. The van der Waals surface area contributed by atoms with Crippen molar-refractivity contribution in [2.24, 2.45) is 0 Å². The fourth-order valence-electron chi connectivity index (χ4n) is 3.77. The number of rotatable bonds is 1. The van der Waals surface area contributed by atoms with Gasteiger partial charge in [0.05, 0.1) is 5.56 Å². The molecule has 0 N–H and O–H groups in total. The molecule has 0 radical (unpaired) electrons. The molecule has 1 spiro atoms. The Morgan fingerprint density at radius 1 is 1.04 bits per heavy atom. The molecule has 122 valence electrons. The number of hydrogen-bond acceptors (Lipinski definition) is 3. The van der Waals surface area contributed by atoms with Gasteiger partial charge in [-0.15, -0.1) is 0 Å². The van der Waals surface area contributed by atoms with Crippen LogP contribution in [0.2, 0.25) is 0 Å². The van der Waals surface area contributed by atoms with Crippen molar-refractivity contribution in [3.63, 3.8) is 0 Å². The van der Waals surface area contributed by atoms with Crippen molar-refractivity contribution in [1.82, 2.24) is 4.90 Å². The fourth-order valence-corrected chi connectivity index (χ4v) is 3.77. The Morgan fingerprint density at radius 2 is 1.71 bits per heavy atom. The van der Waals surface area contributed by atoms with Crippen LogP contribution >= 0.6 is 0 Å². The Bertz CT molecular complexity index is 819. The third-order valence-electron chi connectivity index (χ3n) is 5.16. The van der Waals surface area contributed by atoms with Gasteiger partial charge in [-0.25, -0.2) is 4.79 Å². The summed E-state index contributed by atoms with van der Waals surface area (Å²) in [6.07, 6.45) is 1.29. The molecule has 2 aromatic rings. The van der Waals surface area contributed by atoms with Gasteiger partial charge in [-0.05, 0) is 24.6 Å². The van der Waals surface area contributed by atoms with E-state index in [4.69, 9.17) is 4.74 Å². The summed E-state index contributed by atoms with van der Waals surface area (Å²) in [6, 6.07) is 15.2. The molecule has 0 unspecified atom stereocenters. The topological polar surface area (TPSA) is 46.6 Å². The largest absolute Gasteiger partial charge is 0.450 e. The number of carbonyl (C=O) groups is 2. The maximum Gasteiger partial charge on any atom is 0.339 e. The number of amides is 1. The van der Waals surface area contributed by atoms with Crippen LogP contribution in [0.1, 0.15) is 44.7 Å². The van der Waals surface area contributed by atoms with E-state index in [0.717, 1.165) is 16.7 Å². The third kappa shape index (κ3) is 2.21. The van der Waals surface area contributed by atoms with Crippen molar-refractivity contribution in [2.45, 2.75) is 25.4 Å². The minimum absolute atomic E-state index is 0.0561. The lowest BCUT2D eigenvalue weighted by atomic mass is 9.83. The number of aryl methyl sites for hydroxylation is 1. The summed E-state index contributed by atoms with van der Waals surface area (Å²) >= 11 is 0. The molecule has 2 heterocycles. The minimum Gasteiger partial charge on any atom is -0.450 e. The lowest BCUT2D eigenvalue weighted by molar-refractivity contribution is -0.0389. The van der Waals surface area contributed by atoms with Gasteiger partial charge < -0.3 is 9.64 Å². The van der Waals surface area contributed by atoms with Crippen molar-refractivity contribution < 1.29 is 14.3 Å². The van der Waals surface area contributed by atoms with E-state index in [0.29, 0.717) is 31.5 Å². The fraction of sp³-hybridized carbons (Fsp3) is 0.300. The van der Waals surface area contributed by atoms with Gasteiger partial charge in [0.1, 0.15) is 5.60 Å². The van der Waals surface area contributed by atoms with E-state index in [1.807, 2.05) is 60.4 Å².